The first kappa shape index (κ1) is 18.2. The molecule has 1 N–H and O–H groups in total. The van der Waals surface area contributed by atoms with E-state index in [1.165, 1.54) is 7.11 Å². The molecule has 0 unspecified atom stereocenters. The predicted octanol–water partition coefficient (Wildman–Crippen LogP) is 0.887. The van der Waals surface area contributed by atoms with Crippen LogP contribution in [0.4, 0.5) is 4.79 Å². The molecule has 8 nitrogen and oxygen atoms in total. The first-order chi connectivity index (χ1) is 11.2. The van der Waals surface area contributed by atoms with Crippen molar-refractivity contribution in [2.75, 3.05) is 13.7 Å². The van der Waals surface area contributed by atoms with Crippen LogP contribution in [-0.4, -0.2) is 66.5 Å². The second-order valence-corrected chi connectivity index (χ2v) is 7.00. The van der Waals surface area contributed by atoms with Crippen molar-refractivity contribution in [3.05, 3.63) is 0 Å². The van der Waals surface area contributed by atoms with E-state index >= 15 is 0 Å². The molecule has 0 aromatic heterocycles. The summed E-state index contributed by atoms with van der Waals surface area (Å²) in [7, 11) is 1.31. The van der Waals surface area contributed by atoms with Crippen molar-refractivity contribution in [2.24, 2.45) is 4.99 Å². The summed E-state index contributed by atoms with van der Waals surface area (Å²) in [5, 5.41) is 2.56. The molecule has 2 rings (SSSR count). The van der Waals surface area contributed by atoms with Crippen molar-refractivity contribution in [3.63, 3.8) is 0 Å². The summed E-state index contributed by atoms with van der Waals surface area (Å²) in [5.74, 6) is -0.755. The molecule has 3 atom stereocenters. The number of methoxy groups -OCH3 is 1. The van der Waals surface area contributed by atoms with Crippen LogP contribution in [0.25, 0.3) is 0 Å². The van der Waals surface area contributed by atoms with Gasteiger partial charge in [0.25, 0.3) is 0 Å². The highest BCUT2D eigenvalue weighted by Crippen LogP contribution is 2.28. The second-order valence-electron chi connectivity index (χ2n) is 7.00. The van der Waals surface area contributed by atoms with E-state index in [9.17, 15) is 14.4 Å². The van der Waals surface area contributed by atoms with E-state index in [-0.39, 0.29) is 18.5 Å². The second kappa shape index (κ2) is 7.19. The highest BCUT2D eigenvalue weighted by atomic mass is 16.6. The molecule has 8 heteroatoms. The van der Waals surface area contributed by atoms with Gasteiger partial charge >= 0.3 is 12.1 Å². The van der Waals surface area contributed by atoms with Crippen molar-refractivity contribution in [2.45, 2.75) is 63.8 Å². The van der Waals surface area contributed by atoms with Gasteiger partial charge in [0.1, 0.15) is 17.7 Å². The van der Waals surface area contributed by atoms with Crippen LogP contribution in [-0.2, 0) is 19.1 Å². The topological polar surface area (TPSA) is 97.3 Å². The van der Waals surface area contributed by atoms with Crippen LogP contribution in [0.2, 0.25) is 0 Å². The number of alkyl carbamates (subject to hydrolysis) is 1. The van der Waals surface area contributed by atoms with Gasteiger partial charge in [0.15, 0.2) is 0 Å². The van der Waals surface area contributed by atoms with E-state index < -0.39 is 29.7 Å². The molecule has 0 aromatic rings. The van der Waals surface area contributed by atoms with Gasteiger partial charge in [-0.05, 0) is 33.6 Å². The smallest absolute Gasteiger partial charge is 0.408 e. The van der Waals surface area contributed by atoms with Crippen LogP contribution in [0.1, 0.15) is 40.0 Å². The number of nitrogens with one attached hydrogen (secondary N) is 1. The highest BCUT2D eigenvalue weighted by molar-refractivity contribution is 5.91. The zero-order chi connectivity index (χ0) is 17.9. The van der Waals surface area contributed by atoms with Gasteiger partial charge in [-0.25, -0.2) is 9.59 Å². The number of hydrogen-bond donors (Lipinski definition) is 1. The Hall–Kier alpha value is -2.12. The zero-order valence-electron chi connectivity index (χ0n) is 14.6. The highest BCUT2D eigenvalue weighted by Gasteiger charge is 2.44. The summed E-state index contributed by atoms with van der Waals surface area (Å²) in [5.41, 5.74) is -0.664. The summed E-state index contributed by atoms with van der Waals surface area (Å²) in [4.78, 5) is 42.6. The number of aliphatic imine (C=N–C) groups is 1. The lowest BCUT2D eigenvalue weighted by molar-refractivity contribution is -0.152. The van der Waals surface area contributed by atoms with E-state index in [0.717, 1.165) is 0 Å². The molecule has 0 bridgehead atoms. The molecule has 2 aliphatic rings. The maximum atomic E-state index is 12.9. The Balaban J connectivity index is 2.15. The quantitative estimate of drug-likeness (QED) is 0.754. The largest absolute Gasteiger partial charge is 0.467 e. The standard InChI is InChI=1S/C16H25N3O5/c1-16(2,3)24-15(22)18-11-9-17-8-7-10-5-6-12(14(21)23-4)19(10)13(11)20/h8,10-12H,5-7,9H2,1-4H3,(H,18,22)/b17-8-/t10-,11+,12+/m1/s1. The van der Waals surface area contributed by atoms with Gasteiger partial charge in [-0.2, -0.15) is 0 Å². The molecule has 134 valence electrons. The third-order valence-electron chi connectivity index (χ3n) is 4.01. The Kier molecular flexibility index (Phi) is 5.46. The Morgan fingerprint density at radius 1 is 1.33 bits per heavy atom. The normalized spacial score (nSPS) is 28.4. The minimum absolute atomic E-state index is 0.103. The lowest BCUT2D eigenvalue weighted by Gasteiger charge is -2.33. The first-order valence-electron chi connectivity index (χ1n) is 8.10. The number of carbonyl (C=O) groups excluding carboxylic acids is 3. The lowest BCUT2D eigenvalue weighted by Crippen LogP contribution is -2.56. The Morgan fingerprint density at radius 2 is 2.04 bits per heavy atom. The van der Waals surface area contributed by atoms with Crippen LogP contribution in [0.5, 0.6) is 0 Å². The number of esters is 1. The van der Waals surface area contributed by atoms with Crippen LogP contribution in [0.3, 0.4) is 0 Å². The van der Waals surface area contributed by atoms with Crippen LogP contribution >= 0.6 is 0 Å². The van der Waals surface area contributed by atoms with Gasteiger partial charge in [-0.3, -0.25) is 9.79 Å². The van der Waals surface area contributed by atoms with Crippen molar-refractivity contribution in [1.82, 2.24) is 10.2 Å². The van der Waals surface area contributed by atoms with Gasteiger partial charge < -0.3 is 19.7 Å². The molecular formula is C16H25N3O5. The molecular weight excluding hydrogens is 314 g/mol. The van der Waals surface area contributed by atoms with Gasteiger partial charge in [-0.1, -0.05) is 0 Å². The number of rotatable bonds is 2. The number of amides is 2. The summed E-state index contributed by atoms with van der Waals surface area (Å²) in [6.07, 6.45) is 2.92. The Bertz CT molecular complexity index is 540. The van der Waals surface area contributed by atoms with Crippen molar-refractivity contribution in [3.8, 4) is 0 Å². The maximum Gasteiger partial charge on any atom is 0.408 e. The molecule has 0 saturated carbocycles. The van der Waals surface area contributed by atoms with Gasteiger partial charge in [0.2, 0.25) is 5.91 Å². The van der Waals surface area contributed by atoms with E-state index in [4.69, 9.17) is 9.47 Å². The fraction of sp³-hybridized carbons (Fsp3) is 0.750. The lowest BCUT2D eigenvalue weighted by atomic mass is 10.1. The number of fused-ring (bicyclic) bond motifs is 1. The third kappa shape index (κ3) is 4.24. The zero-order valence-corrected chi connectivity index (χ0v) is 14.6. The molecule has 1 fully saturated rings. The predicted molar refractivity (Wildman–Crippen MR) is 86.8 cm³/mol. The molecule has 0 radical (unpaired) electrons. The first-order valence-corrected chi connectivity index (χ1v) is 8.10. The Morgan fingerprint density at radius 3 is 2.67 bits per heavy atom. The molecule has 1 saturated heterocycles. The van der Waals surface area contributed by atoms with Crippen LogP contribution < -0.4 is 5.32 Å². The molecule has 2 amide bonds. The molecule has 2 heterocycles. The van der Waals surface area contributed by atoms with Gasteiger partial charge in [0, 0.05) is 18.7 Å². The monoisotopic (exact) mass is 339 g/mol. The molecule has 0 spiro atoms. The summed E-state index contributed by atoms with van der Waals surface area (Å²) in [6.45, 7) is 5.35. The van der Waals surface area contributed by atoms with Crippen molar-refractivity contribution < 1.29 is 23.9 Å². The number of hydrogen-bond acceptors (Lipinski definition) is 6. The number of nitrogens with zero attached hydrogens (tertiary/aromatic N) is 2. The SMILES string of the molecule is COC(=O)[C@@H]1CC[C@@H]2C/C=N\C[C@H](NC(=O)OC(C)(C)C)C(=O)N21. The number of carbonyl (C=O) groups is 3. The van der Waals surface area contributed by atoms with Crippen LogP contribution in [0.15, 0.2) is 4.99 Å². The maximum absolute atomic E-state index is 12.9. The van der Waals surface area contributed by atoms with E-state index in [1.807, 2.05) is 0 Å². The summed E-state index contributed by atoms with van der Waals surface area (Å²) in [6, 6.07) is -1.57. The fourth-order valence-electron chi connectivity index (χ4n) is 3.01. The Labute approximate surface area is 141 Å². The number of ether oxygens (including phenoxy) is 2. The van der Waals surface area contributed by atoms with E-state index in [1.54, 1.807) is 31.9 Å². The molecule has 24 heavy (non-hydrogen) atoms. The van der Waals surface area contributed by atoms with E-state index in [2.05, 4.69) is 10.3 Å². The van der Waals surface area contributed by atoms with Crippen molar-refractivity contribution >= 4 is 24.2 Å². The van der Waals surface area contributed by atoms with E-state index in [0.29, 0.717) is 19.3 Å². The van der Waals surface area contributed by atoms with Gasteiger partial charge in [0.05, 0.1) is 13.7 Å². The molecule has 2 aliphatic heterocycles. The van der Waals surface area contributed by atoms with Crippen molar-refractivity contribution in [1.29, 1.82) is 0 Å². The average molecular weight is 339 g/mol. The summed E-state index contributed by atoms with van der Waals surface area (Å²) < 4.78 is 10.0. The third-order valence-corrected chi connectivity index (χ3v) is 4.01. The van der Waals surface area contributed by atoms with Crippen LogP contribution in [0, 0.1) is 0 Å². The molecule has 0 aliphatic carbocycles. The summed E-state index contributed by atoms with van der Waals surface area (Å²) >= 11 is 0. The molecule has 0 aromatic carbocycles. The average Bonchev–Trinajstić information content (AvgIpc) is 2.88. The fourth-order valence-corrected chi connectivity index (χ4v) is 3.01. The van der Waals surface area contributed by atoms with Gasteiger partial charge in [-0.15, -0.1) is 0 Å². The minimum atomic E-state index is -0.857. The minimum Gasteiger partial charge on any atom is -0.467 e.